The third-order valence-electron chi connectivity index (χ3n) is 3.48. The van der Waals surface area contributed by atoms with Gasteiger partial charge >= 0.3 is 0 Å². The molecule has 1 aliphatic carbocycles. The first-order chi connectivity index (χ1) is 6.60. The van der Waals surface area contributed by atoms with Crippen LogP contribution in [-0.2, 0) is 9.84 Å². The van der Waals surface area contributed by atoms with E-state index in [1.165, 1.54) is 0 Å². The van der Waals surface area contributed by atoms with Gasteiger partial charge in [0.05, 0.1) is 10.1 Å². The summed E-state index contributed by atoms with van der Waals surface area (Å²) in [5, 5.41) is -0.0979. The van der Waals surface area contributed by atoms with E-state index in [0.717, 1.165) is 24.0 Å². The van der Waals surface area contributed by atoms with Gasteiger partial charge in [-0.25, -0.2) is 8.42 Å². The van der Waals surface area contributed by atoms with Crippen LogP contribution >= 0.6 is 0 Å². The maximum atomic E-state index is 12.0. The molecule has 74 valence electrons. The van der Waals surface area contributed by atoms with Crippen molar-refractivity contribution in [1.29, 1.82) is 0 Å². The molecule has 0 bridgehead atoms. The van der Waals surface area contributed by atoms with E-state index in [9.17, 15) is 8.42 Å². The molecule has 1 heterocycles. The molecule has 1 aromatic rings. The highest BCUT2D eigenvalue weighted by Crippen LogP contribution is 2.51. The predicted octanol–water partition coefficient (Wildman–Crippen LogP) is 2.03. The lowest BCUT2D eigenvalue weighted by Crippen LogP contribution is -2.30. The molecule has 1 saturated carbocycles. The maximum Gasteiger partial charge on any atom is 0.182 e. The Morgan fingerprint density at radius 3 is 2.71 bits per heavy atom. The summed E-state index contributed by atoms with van der Waals surface area (Å²) < 4.78 is 23.9. The lowest BCUT2D eigenvalue weighted by Gasteiger charge is -2.28. The lowest BCUT2D eigenvalue weighted by molar-refractivity contribution is 0.425. The number of fused-ring (bicyclic) bond motifs is 3. The van der Waals surface area contributed by atoms with Gasteiger partial charge in [-0.2, -0.15) is 0 Å². The molecule has 0 amide bonds. The van der Waals surface area contributed by atoms with E-state index in [-0.39, 0.29) is 5.25 Å². The van der Waals surface area contributed by atoms with Crippen molar-refractivity contribution in [2.75, 3.05) is 0 Å². The van der Waals surface area contributed by atoms with Gasteiger partial charge in [0.2, 0.25) is 0 Å². The van der Waals surface area contributed by atoms with E-state index >= 15 is 0 Å². The Morgan fingerprint density at radius 2 is 2.07 bits per heavy atom. The normalized spacial score (nSPS) is 31.8. The minimum Gasteiger partial charge on any atom is -0.223 e. The Morgan fingerprint density at radius 1 is 1.29 bits per heavy atom. The average Bonchev–Trinajstić information content (AvgIpc) is 2.12. The molecule has 0 radical (unpaired) electrons. The average molecular weight is 208 g/mol. The molecule has 2 nitrogen and oxygen atoms in total. The first kappa shape index (κ1) is 8.48. The number of hydrogen-bond acceptors (Lipinski definition) is 2. The van der Waals surface area contributed by atoms with Gasteiger partial charge < -0.3 is 0 Å². The van der Waals surface area contributed by atoms with Crippen molar-refractivity contribution in [3.05, 3.63) is 29.3 Å². The minimum atomic E-state index is -2.96. The zero-order valence-corrected chi connectivity index (χ0v) is 8.84. The van der Waals surface area contributed by atoms with Crippen molar-refractivity contribution in [1.82, 2.24) is 0 Å². The Labute approximate surface area is 83.9 Å². The highest BCUT2D eigenvalue weighted by molar-refractivity contribution is 7.92. The zero-order valence-electron chi connectivity index (χ0n) is 8.03. The van der Waals surface area contributed by atoms with Crippen LogP contribution in [-0.4, -0.2) is 13.7 Å². The topological polar surface area (TPSA) is 34.1 Å². The second kappa shape index (κ2) is 2.40. The molecule has 0 saturated heterocycles. The van der Waals surface area contributed by atoms with Crippen molar-refractivity contribution in [2.45, 2.75) is 35.8 Å². The largest absolute Gasteiger partial charge is 0.223 e. The van der Waals surface area contributed by atoms with Crippen LogP contribution in [0.5, 0.6) is 0 Å². The molecular formula is C11H12O2S. The van der Waals surface area contributed by atoms with E-state index in [1.807, 2.05) is 19.1 Å². The van der Waals surface area contributed by atoms with Gasteiger partial charge in [-0.15, -0.1) is 0 Å². The molecule has 0 spiro atoms. The van der Waals surface area contributed by atoms with Crippen LogP contribution in [0.2, 0.25) is 0 Å². The standard InChI is InChI=1S/C11H12O2S/c1-7-2-4-11-9(6-7)8-3-5-10(8)14(11,12)13/h2,4,6,8,10H,3,5H2,1H3/t8?,10-/m1/s1. The van der Waals surface area contributed by atoms with Crippen LogP contribution in [0.4, 0.5) is 0 Å². The Kier molecular flexibility index (Phi) is 1.45. The van der Waals surface area contributed by atoms with E-state index in [4.69, 9.17) is 0 Å². The Balaban J connectivity index is 2.31. The van der Waals surface area contributed by atoms with Gasteiger partial charge in [-0.3, -0.25) is 0 Å². The van der Waals surface area contributed by atoms with Gasteiger partial charge in [0.25, 0.3) is 0 Å². The second-order valence-electron chi connectivity index (χ2n) is 4.31. The molecular weight excluding hydrogens is 196 g/mol. The van der Waals surface area contributed by atoms with E-state index in [1.54, 1.807) is 6.07 Å². The summed E-state index contributed by atoms with van der Waals surface area (Å²) in [6.45, 7) is 2.01. The summed E-state index contributed by atoms with van der Waals surface area (Å²) in [6, 6.07) is 5.70. The maximum absolute atomic E-state index is 12.0. The quantitative estimate of drug-likeness (QED) is 0.653. The molecule has 3 rings (SSSR count). The van der Waals surface area contributed by atoms with Gasteiger partial charge in [-0.05, 0) is 31.4 Å². The van der Waals surface area contributed by atoms with Gasteiger partial charge in [0.1, 0.15) is 0 Å². The Bertz CT molecular complexity index is 502. The highest BCUT2D eigenvalue weighted by Gasteiger charge is 2.50. The number of aryl methyl sites for hydroxylation is 1. The number of benzene rings is 1. The molecule has 1 aromatic carbocycles. The van der Waals surface area contributed by atoms with Crippen LogP contribution in [0.3, 0.4) is 0 Å². The Hall–Kier alpha value is -0.830. The fraction of sp³-hybridized carbons (Fsp3) is 0.455. The first-order valence-electron chi connectivity index (χ1n) is 4.95. The lowest BCUT2D eigenvalue weighted by atomic mass is 9.79. The number of sulfone groups is 1. The van der Waals surface area contributed by atoms with Crippen LogP contribution in [0.15, 0.2) is 23.1 Å². The fourth-order valence-electron chi connectivity index (χ4n) is 2.58. The van der Waals surface area contributed by atoms with Gasteiger partial charge in [0.15, 0.2) is 9.84 Å². The summed E-state index contributed by atoms with van der Waals surface area (Å²) in [7, 11) is -2.96. The van der Waals surface area contributed by atoms with Crippen molar-refractivity contribution < 1.29 is 8.42 Å². The molecule has 1 fully saturated rings. The SMILES string of the molecule is Cc1ccc2c(c1)C1CC[C@H]1S2(=O)=O. The third-order valence-corrected chi connectivity index (χ3v) is 5.83. The zero-order chi connectivity index (χ0) is 9.92. The first-order valence-corrected chi connectivity index (χ1v) is 6.50. The molecule has 0 N–H and O–H groups in total. The molecule has 14 heavy (non-hydrogen) atoms. The molecule has 3 heteroatoms. The monoisotopic (exact) mass is 208 g/mol. The van der Waals surface area contributed by atoms with Crippen LogP contribution < -0.4 is 0 Å². The highest BCUT2D eigenvalue weighted by atomic mass is 32.2. The van der Waals surface area contributed by atoms with Crippen molar-refractivity contribution in [3.63, 3.8) is 0 Å². The fourth-order valence-corrected chi connectivity index (χ4v) is 4.86. The molecule has 2 aliphatic rings. The summed E-state index contributed by atoms with van der Waals surface area (Å²) in [6.07, 6.45) is 1.89. The van der Waals surface area contributed by atoms with E-state index < -0.39 is 9.84 Å². The third kappa shape index (κ3) is 0.836. The van der Waals surface area contributed by atoms with E-state index in [2.05, 4.69) is 0 Å². The second-order valence-corrected chi connectivity index (χ2v) is 6.44. The minimum absolute atomic E-state index is 0.0979. The van der Waals surface area contributed by atoms with Crippen molar-refractivity contribution >= 4 is 9.84 Å². The van der Waals surface area contributed by atoms with Crippen LogP contribution in [0.1, 0.15) is 29.9 Å². The summed E-state index contributed by atoms with van der Waals surface area (Å²) in [5.41, 5.74) is 2.23. The molecule has 2 atom stereocenters. The molecule has 0 aromatic heterocycles. The smallest absolute Gasteiger partial charge is 0.182 e. The molecule has 1 aliphatic heterocycles. The van der Waals surface area contributed by atoms with E-state index in [0.29, 0.717) is 10.8 Å². The molecule has 1 unspecified atom stereocenters. The van der Waals surface area contributed by atoms with Crippen LogP contribution in [0, 0.1) is 6.92 Å². The van der Waals surface area contributed by atoms with Crippen LogP contribution in [0.25, 0.3) is 0 Å². The van der Waals surface area contributed by atoms with Gasteiger partial charge in [-0.1, -0.05) is 17.7 Å². The summed E-state index contributed by atoms with van der Waals surface area (Å²) in [5.74, 6) is 0.301. The number of hydrogen-bond donors (Lipinski definition) is 0. The van der Waals surface area contributed by atoms with Crippen molar-refractivity contribution in [3.8, 4) is 0 Å². The van der Waals surface area contributed by atoms with Gasteiger partial charge in [0, 0.05) is 5.92 Å². The van der Waals surface area contributed by atoms with Crippen molar-refractivity contribution in [2.24, 2.45) is 0 Å². The predicted molar refractivity (Wildman–Crippen MR) is 54.1 cm³/mol. The number of rotatable bonds is 0. The summed E-state index contributed by atoms with van der Waals surface area (Å²) in [4.78, 5) is 0.593. The summed E-state index contributed by atoms with van der Waals surface area (Å²) >= 11 is 0.